The van der Waals surface area contributed by atoms with Gasteiger partial charge in [-0.1, -0.05) is 0 Å². The summed E-state index contributed by atoms with van der Waals surface area (Å²) >= 11 is 4.82. The molecule has 1 aromatic carbocycles. The Morgan fingerprint density at radius 3 is 2.32 bits per heavy atom. The van der Waals surface area contributed by atoms with Crippen LogP contribution in [-0.4, -0.2) is 34.6 Å². The van der Waals surface area contributed by atoms with Crippen molar-refractivity contribution in [1.82, 2.24) is 15.2 Å². The minimum absolute atomic E-state index is 0.000979. The van der Waals surface area contributed by atoms with E-state index in [1.54, 1.807) is 18.2 Å². The quantitative estimate of drug-likeness (QED) is 0.358. The fraction of sp³-hybridized carbons (Fsp3) is 0.200. The molecule has 0 unspecified atom stereocenters. The Bertz CT molecular complexity index is 1040. The number of esters is 1. The van der Waals surface area contributed by atoms with Gasteiger partial charge in [-0.25, -0.2) is 4.79 Å². The molecule has 0 bridgehead atoms. The van der Waals surface area contributed by atoms with E-state index in [0.717, 1.165) is 28.2 Å². The van der Waals surface area contributed by atoms with Crippen LogP contribution in [0.25, 0.3) is 11.8 Å². The van der Waals surface area contributed by atoms with Crippen LogP contribution in [0.1, 0.15) is 32.9 Å². The Hall–Kier alpha value is -3.26. The van der Waals surface area contributed by atoms with Crippen molar-refractivity contribution in [1.29, 1.82) is 0 Å². The number of hydrogen-bond acceptors (Lipinski definition) is 5. The maximum Gasteiger partial charge on any atom is 0.337 e. The first-order valence-electron chi connectivity index (χ1n) is 8.49. The summed E-state index contributed by atoms with van der Waals surface area (Å²) in [5, 5.41) is 4.85. The number of aryl methyl sites for hydroxylation is 2. The molecular formula is C20H19N3O4S. The molecule has 1 aromatic heterocycles. The molecule has 0 radical (unpaired) electrons. The maximum atomic E-state index is 12.1. The van der Waals surface area contributed by atoms with Crippen LogP contribution in [0.3, 0.4) is 0 Å². The van der Waals surface area contributed by atoms with Gasteiger partial charge in [-0.2, -0.15) is 0 Å². The zero-order valence-corrected chi connectivity index (χ0v) is 16.7. The smallest absolute Gasteiger partial charge is 0.337 e. The summed E-state index contributed by atoms with van der Waals surface area (Å²) < 4.78 is 6.77. The monoisotopic (exact) mass is 397 g/mol. The van der Waals surface area contributed by atoms with E-state index in [1.807, 2.05) is 37.5 Å². The van der Waals surface area contributed by atoms with E-state index in [4.69, 9.17) is 17.0 Å². The molecule has 2 aromatic rings. The Morgan fingerprint density at radius 2 is 1.75 bits per heavy atom. The second kappa shape index (κ2) is 7.40. The molecule has 0 saturated carbocycles. The summed E-state index contributed by atoms with van der Waals surface area (Å²) in [5.41, 5.74) is 4.76. The van der Waals surface area contributed by atoms with Gasteiger partial charge in [0.2, 0.25) is 0 Å². The molecule has 1 saturated heterocycles. The number of ether oxygens (including phenoxy) is 1. The number of benzene rings is 1. The molecule has 144 valence electrons. The number of carbonyl (C=O) groups is 3. The lowest BCUT2D eigenvalue weighted by molar-refractivity contribution is -0.123. The Morgan fingerprint density at radius 1 is 1.11 bits per heavy atom. The minimum Gasteiger partial charge on any atom is -0.465 e. The third-order valence-corrected chi connectivity index (χ3v) is 4.78. The molecule has 3 rings (SSSR count). The van der Waals surface area contributed by atoms with Crippen molar-refractivity contribution in [3.05, 3.63) is 57.9 Å². The van der Waals surface area contributed by atoms with Gasteiger partial charge in [0, 0.05) is 17.1 Å². The SMILES string of the molecule is COC(=O)c1ccc(-n2c(C)cc(C=C3C(=O)NC(=S)NC3=O)c2C)c(C)c1. The van der Waals surface area contributed by atoms with Crippen molar-refractivity contribution in [3.8, 4) is 5.69 Å². The third-order valence-electron chi connectivity index (χ3n) is 4.57. The van der Waals surface area contributed by atoms with Gasteiger partial charge >= 0.3 is 5.97 Å². The summed E-state index contributed by atoms with van der Waals surface area (Å²) in [7, 11) is 1.34. The number of hydrogen-bond donors (Lipinski definition) is 2. The fourth-order valence-electron chi connectivity index (χ4n) is 3.22. The summed E-state index contributed by atoms with van der Waals surface area (Å²) in [5.74, 6) is -1.46. The van der Waals surface area contributed by atoms with Crippen molar-refractivity contribution in [2.75, 3.05) is 7.11 Å². The van der Waals surface area contributed by atoms with Gasteiger partial charge in [0.25, 0.3) is 11.8 Å². The molecule has 2 heterocycles. The van der Waals surface area contributed by atoms with Crippen LogP contribution in [0.2, 0.25) is 0 Å². The molecular weight excluding hydrogens is 378 g/mol. The zero-order chi connectivity index (χ0) is 20.6. The van der Waals surface area contributed by atoms with Gasteiger partial charge in [-0.3, -0.25) is 20.2 Å². The molecule has 8 heteroatoms. The predicted octanol–water partition coefficient (Wildman–Crippen LogP) is 2.10. The van der Waals surface area contributed by atoms with E-state index in [1.165, 1.54) is 7.11 Å². The standard InChI is InChI=1S/C20H19N3O4S/c1-10-7-13(19(26)27-4)5-6-16(10)23-11(2)8-14(12(23)3)9-15-17(24)21-20(28)22-18(15)25/h5-9H,1-4H3,(H2,21,22,24,25,28). The van der Waals surface area contributed by atoms with Gasteiger partial charge in [0.15, 0.2) is 5.11 Å². The fourth-order valence-corrected chi connectivity index (χ4v) is 3.40. The average molecular weight is 397 g/mol. The average Bonchev–Trinajstić information content (AvgIpc) is 2.91. The Labute approximate surface area is 167 Å². The highest BCUT2D eigenvalue weighted by molar-refractivity contribution is 7.80. The van der Waals surface area contributed by atoms with Crippen LogP contribution in [0.4, 0.5) is 0 Å². The lowest BCUT2D eigenvalue weighted by atomic mass is 10.1. The van der Waals surface area contributed by atoms with Crippen LogP contribution in [0, 0.1) is 20.8 Å². The summed E-state index contributed by atoms with van der Waals surface area (Å²) in [6.07, 6.45) is 1.55. The Balaban J connectivity index is 2.05. The minimum atomic E-state index is -0.530. The number of thiocarbonyl (C=S) groups is 1. The topological polar surface area (TPSA) is 89.4 Å². The van der Waals surface area contributed by atoms with Crippen LogP contribution in [-0.2, 0) is 14.3 Å². The number of methoxy groups -OCH3 is 1. The molecule has 2 amide bonds. The first kappa shape index (κ1) is 19.5. The number of nitrogens with one attached hydrogen (secondary N) is 2. The van der Waals surface area contributed by atoms with Crippen molar-refractivity contribution in [2.24, 2.45) is 0 Å². The van der Waals surface area contributed by atoms with Gasteiger partial charge in [-0.05, 0) is 74.5 Å². The molecule has 2 N–H and O–H groups in total. The van der Waals surface area contributed by atoms with E-state index in [-0.39, 0.29) is 10.7 Å². The number of amides is 2. The van der Waals surface area contributed by atoms with E-state index < -0.39 is 17.8 Å². The summed E-state index contributed by atoms with van der Waals surface area (Å²) in [4.78, 5) is 35.9. The van der Waals surface area contributed by atoms with Crippen LogP contribution in [0.15, 0.2) is 29.8 Å². The van der Waals surface area contributed by atoms with E-state index in [2.05, 4.69) is 10.6 Å². The van der Waals surface area contributed by atoms with Crippen molar-refractivity contribution in [2.45, 2.75) is 20.8 Å². The molecule has 1 aliphatic rings. The van der Waals surface area contributed by atoms with E-state index in [0.29, 0.717) is 5.56 Å². The molecule has 1 fully saturated rings. The predicted molar refractivity (Wildman–Crippen MR) is 108 cm³/mol. The van der Waals surface area contributed by atoms with E-state index in [9.17, 15) is 14.4 Å². The van der Waals surface area contributed by atoms with Gasteiger partial charge in [-0.15, -0.1) is 0 Å². The largest absolute Gasteiger partial charge is 0.465 e. The van der Waals surface area contributed by atoms with Crippen molar-refractivity contribution in [3.63, 3.8) is 0 Å². The van der Waals surface area contributed by atoms with Gasteiger partial charge < -0.3 is 9.30 Å². The van der Waals surface area contributed by atoms with Crippen molar-refractivity contribution >= 4 is 41.2 Å². The number of carbonyl (C=O) groups excluding carboxylic acids is 3. The number of rotatable bonds is 3. The van der Waals surface area contributed by atoms with Crippen LogP contribution < -0.4 is 10.6 Å². The number of nitrogens with zero attached hydrogens (tertiary/aromatic N) is 1. The highest BCUT2D eigenvalue weighted by Gasteiger charge is 2.26. The second-order valence-electron chi connectivity index (χ2n) is 6.45. The molecule has 1 aliphatic heterocycles. The lowest BCUT2D eigenvalue weighted by Crippen LogP contribution is -2.51. The van der Waals surface area contributed by atoms with E-state index >= 15 is 0 Å². The molecule has 28 heavy (non-hydrogen) atoms. The zero-order valence-electron chi connectivity index (χ0n) is 15.9. The van der Waals surface area contributed by atoms with Gasteiger partial charge in [0.1, 0.15) is 5.57 Å². The summed E-state index contributed by atoms with van der Waals surface area (Å²) in [6.45, 7) is 5.73. The summed E-state index contributed by atoms with van der Waals surface area (Å²) in [6, 6.07) is 7.20. The van der Waals surface area contributed by atoms with Crippen LogP contribution in [0.5, 0.6) is 0 Å². The number of aromatic nitrogens is 1. The maximum absolute atomic E-state index is 12.1. The third kappa shape index (κ3) is 3.46. The van der Waals surface area contributed by atoms with Crippen LogP contribution >= 0.6 is 12.2 Å². The van der Waals surface area contributed by atoms with Crippen molar-refractivity contribution < 1.29 is 19.1 Å². The second-order valence-corrected chi connectivity index (χ2v) is 6.86. The first-order valence-corrected chi connectivity index (χ1v) is 8.90. The molecule has 0 aliphatic carbocycles. The first-order chi connectivity index (χ1) is 13.2. The lowest BCUT2D eigenvalue weighted by Gasteiger charge is -2.16. The Kier molecular flexibility index (Phi) is 5.15. The highest BCUT2D eigenvalue weighted by Crippen LogP contribution is 2.26. The van der Waals surface area contributed by atoms with Gasteiger partial charge in [0.05, 0.1) is 12.7 Å². The highest BCUT2D eigenvalue weighted by atomic mass is 32.1. The molecule has 0 spiro atoms. The normalized spacial score (nSPS) is 13.9. The molecule has 7 nitrogen and oxygen atoms in total. The molecule has 0 atom stereocenters.